The summed E-state index contributed by atoms with van der Waals surface area (Å²) < 4.78 is 2.57. The lowest BCUT2D eigenvalue weighted by Crippen LogP contribution is -1.99. The van der Waals surface area contributed by atoms with E-state index in [-0.39, 0.29) is 0 Å². The lowest BCUT2D eigenvalue weighted by atomic mass is 10.1. The predicted molar refractivity (Wildman–Crippen MR) is 165 cm³/mol. The van der Waals surface area contributed by atoms with Gasteiger partial charge in [0.15, 0.2) is 17.5 Å². The van der Waals surface area contributed by atoms with E-state index in [1.807, 2.05) is 24.4 Å². The van der Waals surface area contributed by atoms with E-state index in [1.165, 1.54) is 30.9 Å². The van der Waals surface area contributed by atoms with Crippen LogP contribution < -0.4 is 0 Å². The van der Waals surface area contributed by atoms with Gasteiger partial charge in [-0.25, -0.2) is 15.0 Å². The highest BCUT2D eigenvalue weighted by atomic mass is 32.1. The minimum atomic E-state index is 0.604. The Morgan fingerprint density at radius 1 is 0.500 bits per heavy atom. The van der Waals surface area contributed by atoms with E-state index < -0.39 is 0 Å². The molecule has 8 rings (SSSR count). The highest BCUT2D eigenvalue weighted by molar-refractivity contribution is 7.23. The number of thiophene rings is 2. The molecule has 3 aromatic carbocycles. The van der Waals surface area contributed by atoms with Gasteiger partial charge in [-0.15, -0.1) is 22.7 Å². The van der Waals surface area contributed by atoms with Gasteiger partial charge in [-0.05, 0) is 57.6 Å². The Hall–Kier alpha value is -4.85. The Balaban J connectivity index is 1.28. The average Bonchev–Trinajstić information content (AvgIpc) is 3.70. The van der Waals surface area contributed by atoms with Crippen LogP contribution in [0.15, 0.2) is 115 Å². The van der Waals surface area contributed by atoms with Crippen LogP contribution in [0.3, 0.4) is 0 Å². The molecular weight excluding hydrogens is 531 g/mol. The monoisotopic (exact) mass is 549 g/mol. The SMILES string of the molecule is c1cncc(-c2ccc(-c3nc(-c4cccnc4)nc(-c4cc5ccc6c(ccc7ccsc76)c5s4)n3)cc2)c1. The van der Waals surface area contributed by atoms with Crippen molar-refractivity contribution in [3.63, 3.8) is 0 Å². The third-order valence-electron chi connectivity index (χ3n) is 7.01. The maximum absolute atomic E-state index is 4.98. The van der Waals surface area contributed by atoms with Gasteiger partial charge in [-0.1, -0.05) is 54.6 Å². The molecule has 0 radical (unpaired) electrons. The normalized spacial score (nSPS) is 11.5. The molecule has 5 heterocycles. The summed E-state index contributed by atoms with van der Waals surface area (Å²) in [6.45, 7) is 0. The van der Waals surface area contributed by atoms with Crippen LogP contribution in [0.5, 0.6) is 0 Å². The van der Waals surface area contributed by atoms with Gasteiger partial charge in [0.1, 0.15) is 0 Å². The molecule has 0 atom stereocenters. The maximum atomic E-state index is 4.98. The highest BCUT2D eigenvalue weighted by Crippen LogP contribution is 2.40. The van der Waals surface area contributed by atoms with Gasteiger partial charge in [0.05, 0.1) is 4.88 Å². The van der Waals surface area contributed by atoms with Gasteiger partial charge in [0.2, 0.25) is 0 Å². The van der Waals surface area contributed by atoms with Crippen LogP contribution in [0.1, 0.15) is 0 Å². The van der Waals surface area contributed by atoms with E-state index in [0.29, 0.717) is 17.5 Å². The largest absolute Gasteiger partial charge is 0.264 e. The lowest BCUT2D eigenvalue weighted by molar-refractivity contribution is 1.07. The molecule has 0 spiro atoms. The van der Waals surface area contributed by atoms with Gasteiger partial charge in [0.25, 0.3) is 0 Å². The fraction of sp³-hybridized carbons (Fsp3) is 0. The Morgan fingerprint density at radius 3 is 1.90 bits per heavy atom. The molecule has 0 aliphatic rings. The quantitative estimate of drug-likeness (QED) is 0.219. The molecule has 0 aliphatic carbocycles. The van der Waals surface area contributed by atoms with Crippen molar-refractivity contribution in [2.75, 3.05) is 0 Å². The molecule has 5 nitrogen and oxygen atoms in total. The van der Waals surface area contributed by atoms with Gasteiger partial charge in [-0.3, -0.25) is 9.97 Å². The van der Waals surface area contributed by atoms with Gasteiger partial charge in [-0.2, -0.15) is 0 Å². The first-order valence-corrected chi connectivity index (χ1v) is 14.5. The molecule has 0 saturated carbocycles. The van der Waals surface area contributed by atoms with Crippen LogP contribution in [0.2, 0.25) is 0 Å². The standard InChI is InChI=1S/C33H19N5S2/c1-3-24(18-34-14-1)20-5-7-22(8-6-20)31-36-32(25-4-2-15-35-19-25)38-33(37-31)28-17-23-10-12-26-27(30(23)40-28)11-9-21-13-16-39-29(21)26/h1-19H. The minimum absolute atomic E-state index is 0.604. The summed E-state index contributed by atoms with van der Waals surface area (Å²) >= 11 is 3.52. The zero-order valence-electron chi connectivity index (χ0n) is 21.0. The van der Waals surface area contributed by atoms with E-state index >= 15 is 0 Å². The van der Waals surface area contributed by atoms with Crippen molar-refractivity contribution in [2.24, 2.45) is 0 Å². The third-order valence-corrected chi connectivity index (χ3v) is 9.15. The summed E-state index contributed by atoms with van der Waals surface area (Å²) in [7, 11) is 0. The maximum Gasteiger partial charge on any atom is 0.174 e. The molecule has 0 bridgehead atoms. The van der Waals surface area contributed by atoms with Crippen LogP contribution in [0, 0.1) is 0 Å². The number of rotatable bonds is 4. The molecule has 0 unspecified atom stereocenters. The zero-order valence-corrected chi connectivity index (χ0v) is 22.7. The third kappa shape index (κ3) is 3.95. The van der Waals surface area contributed by atoms with Crippen LogP contribution in [0.25, 0.3) is 75.5 Å². The van der Waals surface area contributed by atoms with Gasteiger partial charge >= 0.3 is 0 Å². The second kappa shape index (κ2) is 9.41. The van der Waals surface area contributed by atoms with Gasteiger partial charge in [0, 0.05) is 56.1 Å². The van der Waals surface area contributed by atoms with E-state index in [1.54, 1.807) is 41.3 Å². The molecule has 188 valence electrons. The summed E-state index contributed by atoms with van der Waals surface area (Å²) in [5.41, 5.74) is 3.94. The van der Waals surface area contributed by atoms with Crippen molar-refractivity contribution in [3.8, 4) is 44.6 Å². The molecule has 8 aromatic rings. The summed E-state index contributed by atoms with van der Waals surface area (Å²) in [4.78, 5) is 24.3. The summed E-state index contributed by atoms with van der Waals surface area (Å²) in [6.07, 6.45) is 7.19. The Kier molecular flexibility index (Phi) is 5.43. The molecule has 0 fully saturated rings. The van der Waals surface area contributed by atoms with Crippen LogP contribution in [-0.2, 0) is 0 Å². The topological polar surface area (TPSA) is 64.5 Å². The van der Waals surface area contributed by atoms with E-state index in [9.17, 15) is 0 Å². The fourth-order valence-corrected chi connectivity index (χ4v) is 7.07. The van der Waals surface area contributed by atoms with Crippen LogP contribution in [-0.4, -0.2) is 24.9 Å². The van der Waals surface area contributed by atoms with Crippen LogP contribution >= 0.6 is 22.7 Å². The number of pyridine rings is 2. The van der Waals surface area contributed by atoms with Crippen molar-refractivity contribution >= 4 is 53.6 Å². The molecule has 5 aromatic heterocycles. The lowest BCUT2D eigenvalue weighted by Gasteiger charge is -2.08. The van der Waals surface area contributed by atoms with Crippen molar-refractivity contribution < 1.29 is 0 Å². The van der Waals surface area contributed by atoms with Crippen molar-refractivity contribution in [1.29, 1.82) is 0 Å². The predicted octanol–water partition coefficient (Wildman–Crippen LogP) is 8.91. The first kappa shape index (κ1) is 23.1. The highest BCUT2D eigenvalue weighted by Gasteiger charge is 2.16. The van der Waals surface area contributed by atoms with Crippen molar-refractivity contribution in [3.05, 3.63) is 115 Å². The molecule has 40 heavy (non-hydrogen) atoms. The van der Waals surface area contributed by atoms with Crippen LogP contribution in [0.4, 0.5) is 0 Å². The Morgan fingerprint density at radius 2 is 1.15 bits per heavy atom. The number of benzene rings is 3. The first-order valence-electron chi connectivity index (χ1n) is 12.8. The molecule has 0 amide bonds. The van der Waals surface area contributed by atoms with E-state index in [4.69, 9.17) is 15.0 Å². The van der Waals surface area contributed by atoms with E-state index in [0.717, 1.165) is 27.1 Å². The van der Waals surface area contributed by atoms with E-state index in [2.05, 4.69) is 82.1 Å². The first-order chi connectivity index (χ1) is 19.8. The summed E-state index contributed by atoms with van der Waals surface area (Å²) in [6, 6.07) is 29.4. The Bertz CT molecular complexity index is 2150. The number of hydrogen-bond donors (Lipinski definition) is 0. The fourth-order valence-electron chi connectivity index (χ4n) is 5.03. The zero-order chi connectivity index (χ0) is 26.5. The molecule has 0 aliphatic heterocycles. The number of hydrogen-bond acceptors (Lipinski definition) is 7. The number of nitrogens with zero attached hydrogens (tertiary/aromatic N) is 5. The summed E-state index contributed by atoms with van der Waals surface area (Å²) in [5, 5.41) is 7.18. The molecule has 0 N–H and O–H groups in total. The van der Waals surface area contributed by atoms with Gasteiger partial charge < -0.3 is 0 Å². The van der Waals surface area contributed by atoms with Crippen molar-refractivity contribution in [2.45, 2.75) is 0 Å². The number of fused-ring (bicyclic) bond motifs is 5. The Labute approximate surface area is 237 Å². The molecule has 7 heteroatoms. The second-order valence-electron chi connectivity index (χ2n) is 9.46. The smallest absolute Gasteiger partial charge is 0.174 e. The molecule has 0 saturated heterocycles. The van der Waals surface area contributed by atoms with Crippen molar-refractivity contribution in [1.82, 2.24) is 24.9 Å². The second-order valence-corrected chi connectivity index (χ2v) is 11.4. The summed E-state index contributed by atoms with van der Waals surface area (Å²) in [5.74, 6) is 1.89. The molecular formula is C33H19N5S2. The average molecular weight is 550 g/mol. The number of aromatic nitrogens is 5. The minimum Gasteiger partial charge on any atom is -0.264 e.